The summed E-state index contributed by atoms with van der Waals surface area (Å²) in [4.78, 5) is 27.4. The number of para-hydroxylation sites is 1. The second-order valence-electron chi connectivity index (χ2n) is 11.7. The van der Waals surface area contributed by atoms with E-state index >= 15 is 4.39 Å². The van der Waals surface area contributed by atoms with Crippen LogP contribution in [0, 0.1) is 5.82 Å². The van der Waals surface area contributed by atoms with E-state index in [1.165, 1.54) is 19.2 Å². The SMILES string of the molecule is COC(=O)c1ccc(C2CC(CN(C(=O)OC(C)(C)C)C(C)c3cccc4ccccc34)Oc3ccccc32)cc1F. The third kappa shape index (κ3) is 6.10. The van der Waals surface area contributed by atoms with E-state index in [2.05, 4.69) is 18.2 Å². The summed E-state index contributed by atoms with van der Waals surface area (Å²) in [6.45, 7) is 7.80. The van der Waals surface area contributed by atoms with Crippen molar-refractivity contribution in [1.29, 1.82) is 0 Å². The molecule has 0 spiro atoms. The van der Waals surface area contributed by atoms with Gasteiger partial charge in [0.25, 0.3) is 0 Å². The number of esters is 1. The van der Waals surface area contributed by atoms with Crippen LogP contribution in [0.4, 0.5) is 9.18 Å². The zero-order chi connectivity index (χ0) is 30.0. The minimum Gasteiger partial charge on any atom is -0.488 e. The molecule has 0 fully saturated rings. The monoisotopic (exact) mass is 569 g/mol. The molecule has 3 atom stereocenters. The van der Waals surface area contributed by atoms with Gasteiger partial charge in [0.05, 0.1) is 25.3 Å². The molecule has 6 nitrogen and oxygen atoms in total. The number of hydrogen-bond acceptors (Lipinski definition) is 5. The summed E-state index contributed by atoms with van der Waals surface area (Å²) in [6.07, 6.45) is -0.344. The van der Waals surface area contributed by atoms with E-state index in [0.717, 1.165) is 21.9 Å². The zero-order valence-electron chi connectivity index (χ0n) is 24.6. The van der Waals surface area contributed by atoms with Gasteiger partial charge >= 0.3 is 12.1 Å². The molecule has 4 aromatic rings. The molecule has 5 rings (SSSR count). The summed E-state index contributed by atoms with van der Waals surface area (Å²) >= 11 is 0. The Balaban J connectivity index is 1.50. The van der Waals surface area contributed by atoms with Gasteiger partial charge < -0.3 is 14.2 Å². The maximum atomic E-state index is 15.0. The highest BCUT2D eigenvalue weighted by Crippen LogP contribution is 2.41. The molecule has 7 heteroatoms. The van der Waals surface area contributed by atoms with Gasteiger partial charge in [0.15, 0.2) is 0 Å². The normalized spacial score (nSPS) is 17.1. The highest BCUT2D eigenvalue weighted by Gasteiger charge is 2.35. The topological polar surface area (TPSA) is 65.1 Å². The second kappa shape index (κ2) is 11.8. The number of hydrogen-bond donors (Lipinski definition) is 0. The Bertz CT molecular complexity index is 1610. The Morgan fingerprint density at radius 3 is 2.45 bits per heavy atom. The lowest BCUT2D eigenvalue weighted by atomic mass is 9.83. The zero-order valence-corrected chi connectivity index (χ0v) is 24.6. The fraction of sp³-hybridized carbons (Fsp3) is 0.314. The summed E-state index contributed by atoms with van der Waals surface area (Å²) in [6, 6.07) is 26.1. The van der Waals surface area contributed by atoms with Crippen LogP contribution in [0.5, 0.6) is 5.75 Å². The van der Waals surface area contributed by atoms with Crippen molar-refractivity contribution in [2.75, 3.05) is 13.7 Å². The smallest absolute Gasteiger partial charge is 0.410 e. The standard InChI is InChI=1S/C35H36FNO5/c1-22(26-15-10-12-23-11-6-7-13-27(23)26)37(34(39)42-35(2,3)4)21-25-20-30(28-14-8-9-16-32(28)41-25)24-17-18-29(31(36)19-24)33(38)40-5/h6-19,22,25,30H,20-21H2,1-5H3. The fourth-order valence-electron chi connectivity index (χ4n) is 5.66. The molecule has 0 saturated carbocycles. The van der Waals surface area contributed by atoms with Crippen molar-refractivity contribution in [3.63, 3.8) is 0 Å². The molecule has 0 aromatic heterocycles. The first-order valence-corrected chi connectivity index (χ1v) is 14.2. The van der Waals surface area contributed by atoms with E-state index in [9.17, 15) is 9.59 Å². The van der Waals surface area contributed by atoms with Crippen molar-refractivity contribution in [3.8, 4) is 5.75 Å². The highest BCUT2D eigenvalue weighted by atomic mass is 19.1. The van der Waals surface area contributed by atoms with Crippen molar-refractivity contribution >= 4 is 22.8 Å². The number of rotatable bonds is 6. The Labute approximate surface area is 246 Å². The Morgan fingerprint density at radius 1 is 1.00 bits per heavy atom. The van der Waals surface area contributed by atoms with Crippen LogP contribution in [0.2, 0.25) is 0 Å². The van der Waals surface area contributed by atoms with Gasteiger partial charge in [0.2, 0.25) is 0 Å². The van der Waals surface area contributed by atoms with Gasteiger partial charge in [-0.25, -0.2) is 14.0 Å². The van der Waals surface area contributed by atoms with Gasteiger partial charge in [-0.2, -0.15) is 0 Å². The maximum Gasteiger partial charge on any atom is 0.410 e. The predicted molar refractivity (Wildman–Crippen MR) is 160 cm³/mol. The van der Waals surface area contributed by atoms with E-state index < -0.39 is 29.6 Å². The molecule has 42 heavy (non-hydrogen) atoms. The maximum absolute atomic E-state index is 15.0. The van der Waals surface area contributed by atoms with E-state index in [1.807, 2.05) is 76.2 Å². The van der Waals surface area contributed by atoms with Gasteiger partial charge in [0, 0.05) is 11.5 Å². The molecular formula is C35H36FNO5. The van der Waals surface area contributed by atoms with E-state index in [-0.39, 0.29) is 24.1 Å². The van der Waals surface area contributed by atoms with Gasteiger partial charge in [-0.3, -0.25) is 4.90 Å². The van der Waals surface area contributed by atoms with Crippen molar-refractivity contribution in [3.05, 3.63) is 113 Å². The summed E-state index contributed by atoms with van der Waals surface area (Å²) in [5.41, 5.74) is 1.84. The summed E-state index contributed by atoms with van der Waals surface area (Å²) < 4.78 is 32.1. The molecule has 0 aliphatic carbocycles. The van der Waals surface area contributed by atoms with Crippen LogP contribution in [-0.2, 0) is 9.47 Å². The number of halogens is 1. The number of ether oxygens (including phenoxy) is 3. The Morgan fingerprint density at radius 2 is 1.71 bits per heavy atom. The predicted octanol–water partition coefficient (Wildman–Crippen LogP) is 8.05. The Kier molecular flexibility index (Phi) is 8.21. The third-order valence-electron chi connectivity index (χ3n) is 7.66. The molecule has 0 N–H and O–H groups in total. The first-order chi connectivity index (χ1) is 20.1. The lowest BCUT2D eigenvalue weighted by Gasteiger charge is -2.38. The molecule has 1 heterocycles. The summed E-state index contributed by atoms with van der Waals surface area (Å²) in [5, 5.41) is 2.15. The van der Waals surface area contributed by atoms with Crippen LogP contribution in [0.25, 0.3) is 10.8 Å². The van der Waals surface area contributed by atoms with E-state index in [1.54, 1.807) is 11.0 Å². The van der Waals surface area contributed by atoms with Gasteiger partial charge in [-0.15, -0.1) is 0 Å². The minimum absolute atomic E-state index is 0.113. The summed E-state index contributed by atoms with van der Waals surface area (Å²) in [5.74, 6) is -0.896. The van der Waals surface area contributed by atoms with Crippen LogP contribution < -0.4 is 4.74 Å². The number of fused-ring (bicyclic) bond motifs is 2. The lowest BCUT2D eigenvalue weighted by molar-refractivity contribution is 0.00570. The fourth-order valence-corrected chi connectivity index (χ4v) is 5.66. The second-order valence-corrected chi connectivity index (χ2v) is 11.7. The number of carbonyl (C=O) groups is 2. The van der Waals surface area contributed by atoms with Gasteiger partial charge in [-0.1, -0.05) is 66.7 Å². The van der Waals surface area contributed by atoms with Crippen LogP contribution >= 0.6 is 0 Å². The number of amides is 1. The van der Waals surface area contributed by atoms with Crippen LogP contribution in [-0.4, -0.2) is 42.3 Å². The number of methoxy groups -OCH3 is 1. The first kappa shape index (κ1) is 29.1. The molecular weight excluding hydrogens is 533 g/mol. The largest absolute Gasteiger partial charge is 0.488 e. The third-order valence-corrected chi connectivity index (χ3v) is 7.66. The minimum atomic E-state index is -0.722. The number of carbonyl (C=O) groups excluding carboxylic acids is 2. The average molecular weight is 570 g/mol. The molecule has 0 radical (unpaired) electrons. The molecule has 218 valence electrons. The quantitative estimate of drug-likeness (QED) is 0.220. The molecule has 0 saturated heterocycles. The average Bonchev–Trinajstić information content (AvgIpc) is 2.97. The lowest BCUT2D eigenvalue weighted by Crippen LogP contribution is -2.45. The number of benzene rings is 4. The molecule has 1 aliphatic rings. The molecule has 4 aromatic carbocycles. The number of nitrogens with zero attached hydrogens (tertiary/aromatic N) is 1. The summed E-state index contributed by atoms with van der Waals surface area (Å²) in [7, 11) is 1.23. The van der Waals surface area contributed by atoms with E-state index in [0.29, 0.717) is 17.7 Å². The van der Waals surface area contributed by atoms with Gasteiger partial charge in [0.1, 0.15) is 23.3 Å². The van der Waals surface area contributed by atoms with Crippen molar-refractivity contribution in [2.24, 2.45) is 0 Å². The van der Waals surface area contributed by atoms with Crippen molar-refractivity contribution < 1.29 is 28.2 Å². The molecule has 3 unspecified atom stereocenters. The molecule has 1 amide bonds. The first-order valence-electron chi connectivity index (χ1n) is 14.2. The van der Waals surface area contributed by atoms with Crippen LogP contribution in [0.15, 0.2) is 84.9 Å². The molecule has 1 aliphatic heterocycles. The van der Waals surface area contributed by atoms with Crippen LogP contribution in [0.3, 0.4) is 0 Å². The molecule has 0 bridgehead atoms. The van der Waals surface area contributed by atoms with Crippen molar-refractivity contribution in [2.45, 2.75) is 57.8 Å². The van der Waals surface area contributed by atoms with E-state index in [4.69, 9.17) is 14.2 Å². The van der Waals surface area contributed by atoms with Gasteiger partial charge in [-0.05, 0) is 74.2 Å². The highest BCUT2D eigenvalue weighted by molar-refractivity contribution is 5.89. The van der Waals surface area contributed by atoms with Crippen molar-refractivity contribution in [1.82, 2.24) is 4.90 Å². The Hall–Kier alpha value is -4.39. The van der Waals surface area contributed by atoms with Crippen LogP contribution in [0.1, 0.15) is 73.1 Å².